The summed E-state index contributed by atoms with van der Waals surface area (Å²) in [7, 11) is 0. The van der Waals surface area contributed by atoms with E-state index in [1.165, 1.54) is 5.56 Å². The summed E-state index contributed by atoms with van der Waals surface area (Å²) in [5, 5.41) is 0. The summed E-state index contributed by atoms with van der Waals surface area (Å²) in [6.07, 6.45) is 5.03. The van der Waals surface area contributed by atoms with E-state index in [4.69, 9.17) is 9.47 Å². The summed E-state index contributed by atoms with van der Waals surface area (Å²) in [5.74, 6) is 1.98. The number of nitrogens with zero attached hydrogens (tertiary/aromatic N) is 2. The van der Waals surface area contributed by atoms with Crippen molar-refractivity contribution in [3.05, 3.63) is 23.8 Å². The van der Waals surface area contributed by atoms with E-state index in [1.54, 1.807) is 0 Å². The van der Waals surface area contributed by atoms with Crippen molar-refractivity contribution in [1.29, 1.82) is 0 Å². The minimum atomic E-state index is 0.0606. The Morgan fingerprint density at radius 3 is 2.85 bits per heavy atom. The molecule has 146 valence electrons. The molecule has 1 aromatic rings. The van der Waals surface area contributed by atoms with Crippen molar-refractivity contribution in [3.63, 3.8) is 0 Å². The van der Waals surface area contributed by atoms with Crippen LogP contribution in [-0.2, 0) is 16.0 Å². The van der Waals surface area contributed by atoms with Crippen LogP contribution in [0.1, 0.15) is 44.6 Å². The molecule has 6 nitrogen and oxygen atoms in total. The molecule has 0 saturated carbocycles. The van der Waals surface area contributed by atoms with Gasteiger partial charge in [0, 0.05) is 39.0 Å². The van der Waals surface area contributed by atoms with Gasteiger partial charge in [0.2, 0.25) is 18.6 Å². The van der Waals surface area contributed by atoms with Crippen molar-refractivity contribution in [2.24, 2.45) is 5.41 Å². The van der Waals surface area contributed by atoms with Gasteiger partial charge in [-0.05, 0) is 48.8 Å². The van der Waals surface area contributed by atoms with Crippen LogP contribution in [0.5, 0.6) is 11.5 Å². The predicted octanol–water partition coefficient (Wildman–Crippen LogP) is 2.60. The predicted molar refractivity (Wildman–Crippen MR) is 101 cm³/mol. The van der Waals surface area contributed by atoms with E-state index in [1.807, 2.05) is 15.9 Å². The van der Waals surface area contributed by atoms with Gasteiger partial charge in [-0.3, -0.25) is 9.59 Å². The summed E-state index contributed by atoms with van der Waals surface area (Å²) in [4.78, 5) is 28.3. The Bertz CT molecular complexity index is 735. The first-order valence-electron chi connectivity index (χ1n) is 9.97. The third-order valence-electron chi connectivity index (χ3n) is 5.97. The molecule has 0 aromatic heterocycles. The van der Waals surface area contributed by atoms with Gasteiger partial charge in [0.25, 0.3) is 0 Å². The van der Waals surface area contributed by atoms with Gasteiger partial charge in [-0.25, -0.2) is 0 Å². The Kier molecular flexibility index (Phi) is 4.98. The van der Waals surface area contributed by atoms with E-state index in [0.717, 1.165) is 56.8 Å². The highest BCUT2D eigenvalue weighted by atomic mass is 16.7. The van der Waals surface area contributed by atoms with Gasteiger partial charge in [0.1, 0.15) is 0 Å². The highest BCUT2D eigenvalue weighted by Crippen LogP contribution is 2.37. The van der Waals surface area contributed by atoms with E-state index < -0.39 is 0 Å². The second kappa shape index (κ2) is 7.41. The van der Waals surface area contributed by atoms with Gasteiger partial charge in [-0.1, -0.05) is 13.0 Å². The Hall–Kier alpha value is -2.24. The lowest BCUT2D eigenvalue weighted by Gasteiger charge is -2.41. The molecule has 2 saturated heterocycles. The molecule has 2 amide bonds. The number of amides is 2. The minimum Gasteiger partial charge on any atom is -0.454 e. The van der Waals surface area contributed by atoms with Crippen molar-refractivity contribution in [2.75, 3.05) is 33.0 Å². The number of piperidine rings is 1. The zero-order chi connectivity index (χ0) is 18.9. The van der Waals surface area contributed by atoms with Gasteiger partial charge in [-0.15, -0.1) is 0 Å². The van der Waals surface area contributed by atoms with E-state index in [2.05, 4.69) is 19.1 Å². The fourth-order valence-electron chi connectivity index (χ4n) is 4.55. The summed E-state index contributed by atoms with van der Waals surface area (Å²) < 4.78 is 10.9. The van der Waals surface area contributed by atoms with Gasteiger partial charge >= 0.3 is 0 Å². The van der Waals surface area contributed by atoms with Crippen molar-refractivity contribution in [3.8, 4) is 11.5 Å². The minimum absolute atomic E-state index is 0.0606. The molecule has 0 aliphatic carbocycles. The highest BCUT2D eigenvalue weighted by Gasteiger charge is 2.34. The number of hydrogen-bond acceptors (Lipinski definition) is 4. The molecule has 0 N–H and O–H groups in total. The summed E-state index contributed by atoms with van der Waals surface area (Å²) in [6.45, 7) is 5.51. The summed E-state index contributed by atoms with van der Waals surface area (Å²) in [6, 6.07) is 6.13. The average molecular weight is 372 g/mol. The maximum Gasteiger partial charge on any atom is 0.231 e. The zero-order valence-electron chi connectivity index (χ0n) is 16.0. The van der Waals surface area contributed by atoms with Crippen LogP contribution >= 0.6 is 0 Å². The first-order chi connectivity index (χ1) is 13.0. The first kappa shape index (κ1) is 18.1. The zero-order valence-corrected chi connectivity index (χ0v) is 16.0. The lowest BCUT2D eigenvalue weighted by molar-refractivity contribution is -0.135. The van der Waals surface area contributed by atoms with Gasteiger partial charge in [0.15, 0.2) is 11.5 Å². The lowest BCUT2D eigenvalue weighted by Crippen LogP contribution is -2.46. The van der Waals surface area contributed by atoms with Gasteiger partial charge in [-0.2, -0.15) is 0 Å². The fraction of sp³-hybridized carbons (Fsp3) is 0.619. The molecular formula is C21H28N2O4. The van der Waals surface area contributed by atoms with E-state index in [0.29, 0.717) is 19.4 Å². The van der Waals surface area contributed by atoms with Crippen LogP contribution in [0, 0.1) is 5.41 Å². The number of fused-ring (bicyclic) bond motifs is 1. The normalized spacial score (nSPS) is 24.6. The van der Waals surface area contributed by atoms with Crippen LogP contribution in [0.4, 0.5) is 0 Å². The Morgan fingerprint density at radius 1 is 1.19 bits per heavy atom. The van der Waals surface area contributed by atoms with E-state index >= 15 is 0 Å². The average Bonchev–Trinajstić information content (AvgIpc) is 3.27. The van der Waals surface area contributed by atoms with Gasteiger partial charge in [0.05, 0.1) is 0 Å². The summed E-state index contributed by atoms with van der Waals surface area (Å²) >= 11 is 0. The Balaban J connectivity index is 1.35. The molecule has 0 bridgehead atoms. The van der Waals surface area contributed by atoms with Crippen LogP contribution < -0.4 is 9.47 Å². The van der Waals surface area contributed by atoms with Crippen LogP contribution in [-0.4, -0.2) is 54.6 Å². The highest BCUT2D eigenvalue weighted by molar-refractivity contribution is 5.80. The number of hydrogen-bond donors (Lipinski definition) is 0. The third-order valence-corrected chi connectivity index (χ3v) is 5.97. The number of carbonyl (C=O) groups excluding carboxylic acids is 2. The smallest absolute Gasteiger partial charge is 0.231 e. The van der Waals surface area contributed by atoms with Crippen molar-refractivity contribution in [1.82, 2.24) is 9.80 Å². The largest absolute Gasteiger partial charge is 0.454 e. The molecule has 1 aromatic carbocycles. The maximum absolute atomic E-state index is 12.7. The molecule has 1 unspecified atom stereocenters. The van der Waals surface area contributed by atoms with Gasteiger partial charge < -0.3 is 19.3 Å². The molecule has 3 aliphatic heterocycles. The molecule has 3 heterocycles. The second-order valence-electron chi connectivity index (χ2n) is 8.33. The van der Waals surface area contributed by atoms with Crippen molar-refractivity contribution >= 4 is 11.8 Å². The molecule has 27 heavy (non-hydrogen) atoms. The van der Waals surface area contributed by atoms with Crippen molar-refractivity contribution < 1.29 is 19.1 Å². The second-order valence-corrected chi connectivity index (χ2v) is 8.33. The quantitative estimate of drug-likeness (QED) is 0.797. The van der Waals surface area contributed by atoms with Crippen LogP contribution in [0.25, 0.3) is 0 Å². The van der Waals surface area contributed by atoms with Crippen LogP contribution in [0.3, 0.4) is 0 Å². The molecular weight excluding hydrogens is 344 g/mol. The number of carbonyl (C=O) groups is 2. The molecule has 2 fully saturated rings. The molecule has 4 rings (SSSR count). The molecule has 6 heteroatoms. The first-order valence-corrected chi connectivity index (χ1v) is 9.97. The summed E-state index contributed by atoms with van der Waals surface area (Å²) in [5.41, 5.74) is 1.28. The SMILES string of the molecule is CC1(Cc2ccc3c(c2)OCO3)CCCN(C(=O)CCN2CCCC2=O)C1. The van der Waals surface area contributed by atoms with Crippen molar-refractivity contribution in [2.45, 2.75) is 45.4 Å². The lowest BCUT2D eigenvalue weighted by atomic mass is 9.77. The standard InChI is InChI=1S/C21H28N2O4/c1-21(13-16-5-6-17-18(12-16)27-15-26-17)8-3-10-23(14-21)20(25)7-11-22-9-2-4-19(22)24/h5-6,12H,2-4,7-11,13-15H2,1H3. The molecule has 0 spiro atoms. The van der Waals surface area contributed by atoms with E-state index in [-0.39, 0.29) is 24.0 Å². The third kappa shape index (κ3) is 4.04. The molecule has 1 atom stereocenters. The van der Waals surface area contributed by atoms with Crippen LogP contribution in [0.15, 0.2) is 18.2 Å². The monoisotopic (exact) mass is 372 g/mol. The van der Waals surface area contributed by atoms with E-state index in [9.17, 15) is 9.59 Å². The maximum atomic E-state index is 12.7. The fourth-order valence-corrected chi connectivity index (χ4v) is 4.55. The molecule has 0 radical (unpaired) electrons. The topological polar surface area (TPSA) is 59.1 Å². The Morgan fingerprint density at radius 2 is 2.04 bits per heavy atom. The number of likely N-dealkylation sites (tertiary alicyclic amines) is 2. The number of benzene rings is 1. The Labute approximate surface area is 160 Å². The number of rotatable bonds is 5. The number of ether oxygens (including phenoxy) is 2. The van der Waals surface area contributed by atoms with Crippen LogP contribution in [0.2, 0.25) is 0 Å². The molecule has 3 aliphatic rings.